The van der Waals surface area contributed by atoms with E-state index < -0.39 is 0 Å². The van der Waals surface area contributed by atoms with Gasteiger partial charge in [-0.15, -0.1) is 10.5 Å². The minimum Gasteiger partial charge on any atom is -0.490 e. The third-order valence-electron chi connectivity index (χ3n) is 3.14. The molecule has 0 aliphatic rings. The van der Waals surface area contributed by atoms with Gasteiger partial charge in [0.1, 0.15) is 6.61 Å². The first kappa shape index (κ1) is 19.3. The molecule has 0 unspecified atom stereocenters. The fourth-order valence-corrected chi connectivity index (χ4v) is 2.58. The van der Waals surface area contributed by atoms with Crippen LogP contribution < -0.4 is 25.7 Å². The van der Waals surface area contributed by atoms with Crippen LogP contribution in [0, 0.1) is 0 Å². The van der Waals surface area contributed by atoms with Gasteiger partial charge in [0.15, 0.2) is 17.7 Å². The molecule has 2 aromatic rings. The fraction of sp³-hybridized carbons (Fsp3) is 0.176. The maximum Gasteiger partial charge on any atom is 0.221 e. The maximum absolute atomic E-state index is 6.17. The number of rotatable bonds is 7. The lowest BCUT2D eigenvalue weighted by atomic mass is 10.2. The highest BCUT2D eigenvalue weighted by Gasteiger charge is 2.10. The molecule has 5 nitrogen and oxygen atoms in total. The number of nitrogens with two attached hydrogens (primary N) is 1. The summed E-state index contributed by atoms with van der Waals surface area (Å²) in [4.78, 5) is 0. The second kappa shape index (κ2) is 9.46. The Bertz CT molecular complexity index is 764. The molecule has 0 saturated carbocycles. The van der Waals surface area contributed by atoms with E-state index in [1.54, 1.807) is 24.4 Å². The molecular weight excluding hydrogens is 381 g/mol. The van der Waals surface area contributed by atoms with E-state index in [1.807, 2.05) is 25.1 Å². The zero-order valence-corrected chi connectivity index (χ0v) is 15.8. The van der Waals surface area contributed by atoms with E-state index in [-0.39, 0.29) is 11.7 Å². The molecule has 0 saturated heterocycles. The summed E-state index contributed by atoms with van der Waals surface area (Å²) in [5, 5.41) is 4.06. The summed E-state index contributed by atoms with van der Waals surface area (Å²) in [5.74, 6) is 1.20. The zero-order chi connectivity index (χ0) is 18.2. The molecule has 0 fully saturated rings. The van der Waals surface area contributed by atoms with Gasteiger partial charge in [-0.2, -0.15) is 0 Å². The van der Waals surface area contributed by atoms with Crippen LogP contribution in [0.25, 0.3) is 0 Å². The van der Waals surface area contributed by atoms with Crippen LogP contribution in [-0.2, 0) is 6.61 Å². The quantitative estimate of drug-likeness (QED) is 0.379. The average Bonchev–Trinajstić information content (AvgIpc) is 2.56. The molecule has 4 N–H and O–H groups in total. The third-order valence-corrected chi connectivity index (χ3v) is 3.95. The minimum atomic E-state index is 0.151. The number of hydrazone groups is 1. The number of ether oxygens (including phenoxy) is 2. The third kappa shape index (κ3) is 5.77. The first-order chi connectivity index (χ1) is 12.0. The Morgan fingerprint density at radius 1 is 1.20 bits per heavy atom. The largest absolute Gasteiger partial charge is 0.490 e. The first-order valence-corrected chi connectivity index (χ1v) is 8.64. The Kier molecular flexibility index (Phi) is 7.31. The maximum atomic E-state index is 6.17. The molecule has 2 aromatic carbocycles. The van der Waals surface area contributed by atoms with Crippen molar-refractivity contribution in [1.29, 1.82) is 0 Å². The van der Waals surface area contributed by atoms with E-state index >= 15 is 0 Å². The predicted molar refractivity (Wildman–Crippen MR) is 104 cm³/mol. The molecule has 2 rings (SSSR count). The first-order valence-electron chi connectivity index (χ1n) is 7.48. The second-order valence-electron chi connectivity index (χ2n) is 4.91. The van der Waals surface area contributed by atoms with Crippen LogP contribution in [0.1, 0.15) is 18.1 Å². The normalized spacial score (nSPS) is 10.7. The smallest absolute Gasteiger partial charge is 0.221 e. The Hall–Kier alpha value is -2.02. The molecular formula is C17H18Cl2N3O2S+. The van der Waals surface area contributed by atoms with E-state index in [4.69, 9.17) is 50.6 Å². The monoisotopic (exact) mass is 398 g/mol. The van der Waals surface area contributed by atoms with Crippen LogP contribution in [0.15, 0.2) is 36.4 Å². The summed E-state index contributed by atoms with van der Waals surface area (Å²) >= 11 is 17.1. The highest BCUT2D eigenvalue weighted by Crippen LogP contribution is 2.31. The van der Waals surface area contributed by atoms with E-state index in [0.29, 0.717) is 28.2 Å². The molecule has 0 bridgehead atoms. The summed E-state index contributed by atoms with van der Waals surface area (Å²) in [7, 11) is 0. The second-order valence-corrected chi connectivity index (χ2v) is 6.16. The zero-order valence-electron chi connectivity index (χ0n) is 13.5. The molecule has 8 heteroatoms. The Morgan fingerprint density at radius 2 is 1.92 bits per heavy atom. The van der Waals surface area contributed by atoms with Crippen LogP contribution in [0.4, 0.5) is 0 Å². The van der Waals surface area contributed by atoms with Crippen molar-refractivity contribution >= 4 is 46.7 Å². The molecule has 0 atom stereocenters. The Balaban J connectivity index is 2.16. The van der Waals surface area contributed by atoms with Gasteiger partial charge in [0.05, 0.1) is 6.61 Å². The topological polar surface area (TPSA) is 70.5 Å². The van der Waals surface area contributed by atoms with Gasteiger partial charge < -0.3 is 15.2 Å². The van der Waals surface area contributed by atoms with Crippen molar-refractivity contribution in [2.75, 3.05) is 6.61 Å². The number of hydrazine groups is 1. The van der Waals surface area contributed by atoms with Gasteiger partial charge in [0, 0.05) is 21.2 Å². The van der Waals surface area contributed by atoms with Crippen LogP contribution in [0.3, 0.4) is 0 Å². The molecule has 132 valence electrons. The summed E-state index contributed by atoms with van der Waals surface area (Å²) in [6.45, 7) is 2.64. The Labute approximate surface area is 161 Å². The van der Waals surface area contributed by atoms with Gasteiger partial charge in [-0.05, 0) is 49.5 Å². The van der Waals surface area contributed by atoms with Crippen molar-refractivity contribution < 1.29 is 14.6 Å². The Morgan fingerprint density at radius 3 is 2.56 bits per heavy atom. The average molecular weight is 399 g/mol. The van der Waals surface area contributed by atoms with Gasteiger partial charge >= 0.3 is 0 Å². The summed E-state index contributed by atoms with van der Waals surface area (Å²) in [6, 6.07) is 10.8. The number of thiocarbonyl (C=S) groups is 1. The molecule has 0 radical (unpaired) electrons. The van der Waals surface area contributed by atoms with Gasteiger partial charge in [-0.25, -0.2) is 0 Å². The molecule has 0 spiro atoms. The number of halogens is 2. The lowest BCUT2D eigenvalue weighted by Gasteiger charge is -2.13. The summed E-state index contributed by atoms with van der Waals surface area (Å²) in [5.41, 5.74) is 9.56. The van der Waals surface area contributed by atoms with Gasteiger partial charge in [-0.1, -0.05) is 29.3 Å². The molecule has 0 aliphatic carbocycles. The minimum absolute atomic E-state index is 0.151. The highest BCUT2D eigenvalue weighted by molar-refractivity contribution is 7.80. The van der Waals surface area contributed by atoms with Crippen LogP contribution in [0.5, 0.6) is 11.5 Å². The van der Waals surface area contributed by atoms with Gasteiger partial charge in [0.25, 0.3) is 0 Å². The lowest BCUT2D eigenvalue weighted by molar-refractivity contribution is -0.499. The van der Waals surface area contributed by atoms with E-state index in [9.17, 15) is 0 Å². The van der Waals surface area contributed by atoms with Crippen molar-refractivity contribution in [3.05, 3.63) is 57.6 Å². The molecule has 0 aliphatic heterocycles. The van der Waals surface area contributed by atoms with Crippen molar-refractivity contribution in [2.45, 2.75) is 13.5 Å². The molecule has 0 heterocycles. The SMILES string of the molecule is CCOc1cc(C=[NH+]NC(N)=S)ccc1OCc1c(Cl)cccc1Cl. The van der Waals surface area contributed by atoms with Crippen molar-refractivity contribution in [1.82, 2.24) is 5.43 Å². The van der Waals surface area contributed by atoms with Crippen LogP contribution >= 0.6 is 35.4 Å². The number of benzene rings is 2. The molecule has 0 aromatic heterocycles. The summed E-state index contributed by atoms with van der Waals surface area (Å²) < 4.78 is 11.5. The fourth-order valence-electron chi connectivity index (χ4n) is 2.01. The van der Waals surface area contributed by atoms with Crippen LogP contribution in [-0.4, -0.2) is 17.9 Å². The molecule has 25 heavy (non-hydrogen) atoms. The standard InChI is InChI=1S/C17H17Cl2N3O2S/c1-2-23-16-8-11(9-21-22-17(20)25)6-7-15(16)24-10-12-13(18)4-3-5-14(12)19/h3-9H,2,10H2,1H3,(H3,20,22,25)/p+1. The number of hydrogen-bond donors (Lipinski definition) is 3. The predicted octanol–water partition coefficient (Wildman–Crippen LogP) is 2.22. The van der Waals surface area contributed by atoms with E-state index in [2.05, 4.69) is 10.5 Å². The highest BCUT2D eigenvalue weighted by atomic mass is 35.5. The summed E-state index contributed by atoms with van der Waals surface area (Å²) in [6.07, 6.45) is 1.70. The van der Waals surface area contributed by atoms with Gasteiger partial charge in [-0.3, -0.25) is 0 Å². The molecule has 0 amide bonds. The number of hydrogen-bond acceptors (Lipinski definition) is 3. The van der Waals surface area contributed by atoms with Crippen molar-refractivity contribution in [3.8, 4) is 11.5 Å². The van der Waals surface area contributed by atoms with Crippen molar-refractivity contribution in [2.24, 2.45) is 5.73 Å². The van der Waals surface area contributed by atoms with Gasteiger partial charge in [0.2, 0.25) is 5.11 Å². The van der Waals surface area contributed by atoms with Crippen molar-refractivity contribution in [3.63, 3.8) is 0 Å². The lowest BCUT2D eigenvalue weighted by Crippen LogP contribution is -2.82. The van der Waals surface area contributed by atoms with E-state index in [0.717, 1.165) is 11.1 Å². The van der Waals surface area contributed by atoms with Crippen LogP contribution in [0.2, 0.25) is 10.0 Å². The van der Waals surface area contributed by atoms with E-state index in [1.165, 1.54) is 0 Å². The number of nitrogens with one attached hydrogen (secondary N) is 2.